The van der Waals surface area contributed by atoms with Gasteiger partial charge in [-0.05, 0) is 30.7 Å². The number of aryl methyl sites for hydroxylation is 1. The SMILES string of the molecule is Cc1cc(NS(C)(=O)=O)cc2c1NS(=O)(=O)c1ccccc1-2. The molecule has 0 unspecified atom stereocenters. The normalized spacial score (nSPS) is 15.4. The number of hydrogen-bond acceptors (Lipinski definition) is 4. The van der Waals surface area contributed by atoms with Crippen molar-refractivity contribution in [2.45, 2.75) is 11.8 Å². The Hall–Kier alpha value is -2.06. The molecule has 0 radical (unpaired) electrons. The van der Waals surface area contributed by atoms with Gasteiger partial charge in [0.15, 0.2) is 0 Å². The first-order valence-corrected chi connectivity index (χ1v) is 9.79. The molecule has 0 saturated carbocycles. The van der Waals surface area contributed by atoms with Crippen LogP contribution in [0.15, 0.2) is 41.3 Å². The van der Waals surface area contributed by atoms with E-state index in [9.17, 15) is 16.8 Å². The number of fused-ring (bicyclic) bond motifs is 3. The Morgan fingerprint density at radius 1 is 1.09 bits per heavy atom. The fraction of sp³-hybridized carbons (Fsp3) is 0.143. The molecule has 0 amide bonds. The maximum atomic E-state index is 12.3. The summed E-state index contributed by atoms with van der Waals surface area (Å²) in [6.07, 6.45) is 1.07. The molecular weight excluding hydrogens is 324 g/mol. The Balaban J connectivity index is 2.28. The number of nitrogens with one attached hydrogen (secondary N) is 2. The fourth-order valence-corrected chi connectivity index (χ4v) is 4.44. The largest absolute Gasteiger partial charge is 0.284 e. The van der Waals surface area contributed by atoms with Crippen LogP contribution in [0.2, 0.25) is 0 Å². The summed E-state index contributed by atoms with van der Waals surface area (Å²) in [4.78, 5) is 0.179. The molecule has 2 aromatic rings. The predicted octanol–water partition coefficient (Wildman–Crippen LogP) is 2.15. The minimum Gasteiger partial charge on any atom is -0.284 e. The van der Waals surface area contributed by atoms with Crippen LogP contribution in [0, 0.1) is 6.92 Å². The van der Waals surface area contributed by atoms with E-state index in [1.807, 2.05) is 0 Å². The molecule has 3 rings (SSSR count). The summed E-state index contributed by atoms with van der Waals surface area (Å²) in [5.74, 6) is 0. The third-order valence-electron chi connectivity index (χ3n) is 3.34. The van der Waals surface area contributed by atoms with Crippen LogP contribution in [0.4, 0.5) is 11.4 Å². The highest BCUT2D eigenvalue weighted by Gasteiger charge is 2.28. The molecule has 0 saturated heterocycles. The summed E-state index contributed by atoms with van der Waals surface area (Å²) in [5, 5.41) is 0. The molecule has 1 aliphatic heterocycles. The second-order valence-corrected chi connectivity index (χ2v) is 8.59. The van der Waals surface area contributed by atoms with Gasteiger partial charge in [0.05, 0.1) is 16.8 Å². The van der Waals surface area contributed by atoms with Crippen LogP contribution in [0.1, 0.15) is 5.56 Å². The number of sulfonamides is 2. The van der Waals surface area contributed by atoms with Gasteiger partial charge in [0, 0.05) is 16.8 Å². The highest BCUT2D eigenvalue weighted by atomic mass is 32.2. The van der Waals surface area contributed by atoms with Crippen LogP contribution < -0.4 is 9.44 Å². The number of anilines is 2. The van der Waals surface area contributed by atoms with Crippen molar-refractivity contribution in [1.82, 2.24) is 0 Å². The first-order chi connectivity index (χ1) is 10.2. The van der Waals surface area contributed by atoms with Gasteiger partial charge in [-0.3, -0.25) is 9.44 Å². The molecule has 2 aromatic carbocycles. The van der Waals surface area contributed by atoms with E-state index < -0.39 is 20.0 Å². The smallest absolute Gasteiger partial charge is 0.262 e. The molecule has 2 N–H and O–H groups in total. The van der Waals surface area contributed by atoms with E-state index in [2.05, 4.69) is 9.44 Å². The molecule has 1 heterocycles. The number of benzene rings is 2. The molecule has 0 aromatic heterocycles. The van der Waals surface area contributed by atoms with E-state index in [1.54, 1.807) is 37.3 Å². The van der Waals surface area contributed by atoms with Crippen molar-refractivity contribution in [3.05, 3.63) is 42.0 Å². The highest BCUT2D eigenvalue weighted by molar-refractivity contribution is 7.93. The number of rotatable bonds is 2. The quantitative estimate of drug-likeness (QED) is 0.877. The zero-order valence-electron chi connectivity index (χ0n) is 11.9. The van der Waals surface area contributed by atoms with Gasteiger partial charge in [0.25, 0.3) is 10.0 Å². The van der Waals surface area contributed by atoms with Crippen molar-refractivity contribution in [3.63, 3.8) is 0 Å². The van der Waals surface area contributed by atoms with Gasteiger partial charge in [-0.2, -0.15) is 0 Å². The predicted molar refractivity (Wildman–Crippen MR) is 85.9 cm³/mol. The first-order valence-electron chi connectivity index (χ1n) is 6.42. The molecular formula is C14H14N2O4S2. The van der Waals surface area contributed by atoms with Crippen molar-refractivity contribution in [1.29, 1.82) is 0 Å². The maximum absolute atomic E-state index is 12.3. The minimum absolute atomic E-state index is 0.179. The topological polar surface area (TPSA) is 92.3 Å². The van der Waals surface area contributed by atoms with Crippen molar-refractivity contribution in [3.8, 4) is 11.1 Å². The Morgan fingerprint density at radius 3 is 2.45 bits per heavy atom. The second kappa shape index (κ2) is 4.72. The van der Waals surface area contributed by atoms with E-state index >= 15 is 0 Å². The van der Waals surface area contributed by atoms with Gasteiger partial charge >= 0.3 is 0 Å². The monoisotopic (exact) mass is 338 g/mol. The first kappa shape index (κ1) is 14.9. The summed E-state index contributed by atoms with van der Waals surface area (Å²) >= 11 is 0. The highest BCUT2D eigenvalue weighted by Crippen LogP contribution is 2.42. The van der Waals surface area contributed by atoms with Gasteiger partial charge in [0.2, 0.25) is 10.0 Å². The lowest BCUT2D eigenvalue weighted by Crippen LogP contribution is -2.20. The maximum Gasteiger partial charge on any atom is 0.262 e. The Morgan fingerprint density at radius 2 is 1.77 bits per heavy atom. The molecule has 0 aliphatic carbocycles. The van der Waals surface area contributed by atoms with Gasteiger partial charge in [-0.1, -0.05) is 18.2 Å². The molecule has 6 nitrogen and oxygen atoms in total. The van der Waals surface area contributed by atoms with E-state index in [1.165, 1.54) is 6.07 Å². The Labute approximate surface area is 129 Å². The van der Waals surface area contributed by atoms with Crippen LogP contribution in [0.25, 0.3) is 11.1 Å². The molecule has 0 spiro atoms. The summed E-state index contributed by atoms with van der Waals surface area (Å²) in [6, 6.07) is 9.84. The fourth-order valence-electron chi connectivity index (χ4n) is 2.52. The summed E-state index contributed by atoms with van der Waals surface area (Å²) in [7, 11) is -7.02. The Bertz CT molecular complexity index is 980. The zero-order chi connectivity index (χ0) is 16.1. The average molecular weight is 338 g/mol. The Kier molecular flexibility index (Phi) is 3.19. The van der Waals surface area contributed by atoms with Crippen LogP contribution in [0.5, 0.6) is 0 Å². The number of hydrogen-bond donors (Lipinski definition) is 2. The summed E-state index contributed by atoms with van der Waals surface area (Å²) in [5.41, 5.74) is 2.71. The van der Waals surface area contributed by atoms with E-state index in [0.717, 1.165) is 6.26 Å². The lowest BCUT2D eigenvalue weighted by Gasteiger charge is -2.24. The molecule has 0 atom stereocenters. The van der Waals surface area contributed by atoms with Crippen LogP contribution in [-0.2, 0) is 20.0 Å². The molecule has 22 heavy (non-hydrogen) atoms. The van der Waals surface area contributed by atoms with Crippen LogP contribution >= 0.6 is 0 Å². The lowest BCUT2D eigenvalue weighted by atomic mass is 9.99. The second-order valence-electron chi connectivity index (χ2n) is 5.19. The van der Waals surface area contributed by atoms with Crippen molar-refractivity contribution >= 4 is 31.4 Å². The average Bonchev–Trinajstić information content (AvgIpc) is 2.39. The summed E-state index contributed by atoms with van der Waals surface area (Å²) in [6.45, 7) is 1.72. The molecule has 1 aliphatic rings. The zero-order valence-corrected chi connectivity index (χ0v) is 13.5. The van der Waals surface area contributed by atoms with Crippen LogP contribution in [-0.4, -0.2) is 23.1 Å². The van der Waals surface area contributed by atoms with Crippen LogP contribution in [0.3, 0.4) is 0 Å². The van der Waals surface area contributed by atoms with Crippen molar-refractivity contribution in [2.75, 3.05) is 15.7 Å². The molecule has 0 bridgehead atoms. The van der Waals surface area contributed by atoms with E-state index in [0.29, 0.717) is 28.1 Å². The van der Waals surface area contributed by atoms with Gasteiger partial charge < -0.3 is 0 Å². The lowest BCUT2D eigenvalue weighted by molar-refractivity contribution is 0.600. The third kappa shape index (κ3) is 2.55. The van der Waals surface area contributed by atoms with E-state index in [-0.39, 0.29) is 4.90 Å². The van der Waals surface area contributed by atoms with Crippen molar-refractivity contribution in [2.24, 2.45) is 0 Å². The van der Waals surface area contributed by atoms with Crippen molar-refractivity contribution < 1.29 is 16.8 Å². The van der Waals surface area contributed by atoms with Gasteiger partial charge in [-0.15, -0.1) is 0 Å². The standard InChI is InChI=1S/C14H14N2O4S2/c1-9-7-10(15-21(2,17)18)8-12-11-5-3-4-6-13(11)22(19,20)16-14(9)12/h3-8,15-16H,1-2H3. The third-order valence-corrected chi connectivity index (χ3v) is 5.36. The van der Waals surface area contributed by atoms with Gasteiger partial charge in [-0.25, -0.2) is 16.8 Å². The van der Waals surface area contributed by atoms with E-state index in [4.69, 9.17) is 0 Å². The molecule has 0 fully saturated rings. The molecule has 116 valence electrons. The van der Waals surface area contributed by atoms with Gasteiger partial charge in [0.1, 0.15) is 0 Å². The summed E-state index contributed by atoms with van der Waals surface area (Å²) < 4.78 is 52.3. The minimum atomic E-state index is -3.61. The molecule has 8 heteroatoms.